The first kappa shape index (κ1) is 29.6. The summed E-state index contributed by atoms with van der Waals surface area (Å²) in [5.41, 5.74) is 19.4. The van der Waals surface area contributed by atoms with Crippen molar-refractivity contribution >= 4 is 24.4 Å². The monoisotopic (exact) mass is 611 g/mol. The minimum atomic E-state index is -1.33. The summed E-state index contributed by atoms with van der Waals surface area (Å²) in [6.07, 6.45) is 0. The summed E-state index contributed by atoms with van der Waals surface area (Å²) in [7, 11) is -1.33. The van der Waals surface area contributed by atoms with Crippen LogP contribution in [0.4, 0.5) is 17.1 Å². The zero-order valence-electron chi connectivity index (χ0n) is 24.6. The Bertz CT molecular complexity index is 1670. The summed E-state index contributed by atoms with van der Waals surface area (Å²) in [4.78, 5) is 0. The summed E-state index contributed by atoms with van der Waals surface area (Å²) >= 11 is 0. The molecule has 9 nitrogen and oxygen atoms in total. The number of para-hydroxylation sites is 6. The van der Waals surface area contributed by atoms with Crippen LogP contribution in [0.5, 0.6) is 51.7 Å². The molecular formula is C36H30BN3O6. The van der Waals surface area contributed by atoms with E-state index in [1.165, 1.54) is 0 Å². The Labute approximate surface area is 266 Å². The normalized spacial score (nSPS) is 10.4. The van der Waals surface area contributed by atoms with E-state index in [-0.39, 0.29) is 0 Å². The standard InChI is InChI=1S/C36H30BN3O6/c38-25-13-19-28(20-14-25)41-31-7-1-4-10-34(31)44-37(45-35-11-5-2-8-32(35)42-29-21-15-26(39)16-22-29)46-36-12-6-3-9-33(36)43-30-23-17-27(40)18-24-30/h1-24H,38-40H2. The largest absolute Gasteiger partial charge is 0.864 e. The van der Waals surface area contributed by atoms with Gasteiger partial charge in [-0.05, 0) is 109 Å². The van der Waals surface area contributed by atoms with E-state index in [9.17, 15) is 0 Å². The quantitative estimate of drug-likeness (QED) is 0.0922. The third kappa shape index (κ3) is 7.75. The molecule has 6 aromatic carbocycles. The van der Waals surface area contributed by atoms with Gasteiger partial charge in [0.25, 0.3) is 0 Å². The second-order valence-electron chi connectivity index (χ2n) is 10.00. The highest BCUT2D eigenvalue weighted by molar-refractivity contribution is 6.39. The maximum Gasteiger partial charge on any atom is 0.864 e. The first-order valence-corrected chi connectivity index (χ1v) is 14.4. The van der Waals surface area contributed by atoms with Gasteiger partial charge in [-0.25, -0.2) is 0 Å². The van der Waals surface area contributed by atoms with E-state index in [0.717, 1.165) is 0 Å². The van der Waals surface area contributed by atoms with Gasteiger partial charge in [-0.3, -0.25) is 0 Å². The molecule has 0 aliphatic carbocycles. The maximum atomic E-state index is 6.35. The molecule has 0 bridgehead atoms. The van der Waals surface area contributed by atoms with Gasteiger partial charge in [-0.15, -0.1) is 0 Å². The van der Waals surface area contributed by atoms with Crippen LogP contribution in [0, 0.1) is 0 Å². The van der Waals surface area contributed by atoms with Crippen molar-refractivity contribution < 1.29 is 28.2 Å². The van der Waals surface area contributed by atoms with Gasteiger partial charge in [0.15, 0.2) is 17.2 Å². The second kappa shape index (κ2) is 13.9. The topological polar surface area (TPSA) is 133 Å². The highest BCUT2D eigenvalue weighted by Gasteiger charge is 2.34. The number of ether oxygens (including phenoxy) is 3. The van der Waals surface area contributed by atoms with Crippen LogP contribution in [-0.2, 0) is 0 Å². The van der Waals surface area contributed by atoms with Gasteiger partial charge in [0.1, 0.15) is 34.5 Å². The van der Waals surface area contributed by atoms with Crippen molar-refractivity contribution in [3.63, 3.8) is 0 Å². The van der Waals surface area contributed by atoms with Crippen molar-refractivity contribution in [3.05, 3.63) is 146 Å². The Hall–Kier alpha value is -6.42. The lowest BCUT2D eigenvalue weighted by Crippen LogP contribution is -2.37. The van der Waals surface area contributed by atoms with E-state index in [2.05, 4.69) is 0 Å². The molecule has 0 spiro atoms. The van der Waals surface area contributed by atoms with E-state index in [4.69, 9.17) is 45.4 Å². The van der Waals surface area contributed by atoms with Crippen LogP contribution in [0.15, 0.2) is 146 Å². The molecule has 0 radical (unpaired) electrons. The predicted octanol–water partition coefficient (Wildman–Crippen LogP) is 8.33. The Kier molecular flexibility index (Phi) is 8.97. The molecule has 6 N–H and O–H groups in total. The minimum absolute atomic E-state index is 0.359. The smallest absolute Gasteiger partial charge is 0.486 e. The average Bonchev–Trinajstić information content (AvgIpc) is 3.07. The molecule has 0 aliphatic heterocycles. The number of rotatable bonds is 12. The fourth-order valence-electron chi connectivity index (χ4n) is 4.27. The van der Waals surface area contributed by atoms with Crippen molar-refractivity contribution in [2.75, 3.05) is 17.2 Å². The van der Waals surface area contributed by atoms with Crippen molar-refractivity contribution in [1.82, 2.24) is 0 Å². The van der Waals surface area contributed by atoms with Crippen LogP contribution < -0.4 is 45.4 Å². The van der Waals surface area contributed by atoms with Crippen molar-refractivity contribution in [3.8, 4) is 51.7 Å². The summed E-state index contributed by atoms with van der Waals surface area (Å²) in [5, 5.41) is 0. The van der Waals surface area contributed by atoms with Crippen LogP contribution >= 0.6 is 0 Å². The number of nitrogen functional groups attached to an aromatic ring is 3. The third-order valence-electron chi connectivity index (χ3n) is 6.54. The van der Waals surface area contributed by atoms with E-state index >= 15 is 0 Å². The number of benzene rings is 6. The lowest BCUT2D eigenvalue weighted by atomic mass is 10.1. The van der Waals surface area contributed by atoms with Crippen LogP contribution in [0.2, 0.25) is 0 Å². The number of hydrogen-bond acceptors (Lipinski definition) is 9. The van der Waals surface area contributed by atoms with Crippen LogP contribution in [-0.4, -0.2) is 7.32 Å². The van der Waals surface area contributed by atoms with Gasteiger partial charge in [-0.1, -0.05) is 36.4 Å². The van der Waals surface area contributed by atoms with E-state index in [0.29, 0.717) is 68.8 Å². The first-order valence-electron chi connectivity index (χ1n) is 14.4. The molecule has 0 saturated heterocycles. The maximum absolute atomic E-state index is 6.35. The Morgan fingerprint density at radius 1 is 0.304 bits per heavy atom. The average molecular weight is 611 g/mol. The number of anilines is 3. The van der Waals surface area contributed by atoms with Crippen LogP contribution in [0.25, 0.3) is 0 Å². The van der Waals surface area contributed by atoms with Gasteiger partial charge in [0, 0.05) is 17.1 Å². The lowest BCUT2D eigenvalue weighted by Gasteiger charge is -2.21. The summed E-state index contributed by atoms with van der Waals surface area (Å²) in [6.45, 7) is 0. The SMILES string of the molecule is Nc1ccc(Oc2ccccc2OB(Oc2ccccc2Oc2ccc(N)cc2)Oc2ccccc2Oc2ccc(N)cc2)cc1. The first-order chi connectivity index (χ1) is 22.5. The van der Waals surface area contributed by atoms with E-state index in [1.807, 2.05) is 36.4 Å². The lowest BCUT2D eigenvalue weighted by molar-refractivity contribution is 0.289. The summed E-state index contributed by atoms with van der Waals surface area (Å²) < 4.78 is 37.4. The highest BCUT2D eigenvalue weighted by Crippen LogP contribution is 2.37. The molecule has 46 heavy (non-hydrogen) atoms. The van der Waals surface area contributed by atoms with Gasteiger partial charge in [0.2, 0.25) is 0 Å². The van der Waals surface area contributed by atoms with Crippen molar-refractivity contribution in [2.24, 2.45) is 0 Å². The molecule has 0 amide bonds. The molecule has 0 aliphatic rings. The molecule has 0 unspecified atom stereocenters. The van der Waals surface area contributed by atoms with Crippen LogP contribution in [0.1, 0.15) is 0 Å². The highest BCUT2D eigenvalue weighted by atomic mass is 16.7. The van der Waals surface area contributed by atoms with Crippen molar-refractivity contribution in [2.45, 2.75) is 0 Å². The molecule has 10 heteroatoms. The van der Waals surface area contributed by atoms with E-state index in [1.54, 1.807) is 109 Å². The Balaban J connectivity index is 1.31. The molecule has 228 valence electrons. The summed E-state index contributed by atoms with van der Waals surface area (Å²) in [5.74, 6) is 4.11. The molecule has 0 atom stereocenters. The van der Waals surface area contributed by atoms with Crippen molar-refractivity contribution in [1.29, 1.82) is 0 Å². The van der Waals surface area contributed by atoms with Gasteiger partial charge >= 0.3 is 7.32 Å². The zero-order valence-corrected chi connectivity index (χ0v) is 24.6. The fourth-order valence-corrected chi connectivity index (χ4v) is 4.27. The predicted molar refractivity (Wildman–Crippen MR) is 180 cm³/mol. The molecule has 6 rings (SSSR count). The van der Waals surface area contributed by atoms with Gasteiger partial charge in [0.05, 0.1) is 0 Å². The van der Waals surface area contributed by atoms with Gasteiger partial charge in [-0.2, -0.15) is 0 Å². The molecule has 0 aromatic heterocycles. The number of nitrogens with two attached hydrogens (primary N) is 3. The molecule has 0 fully saturated rings. The Morgan fingerprint density at radius 3 is 0.804 bits per heavy atom. The van der Waals surface area contributed by atoms with Gasteiger partial charge < -0.3 is 45.4 Å². The Morgan fingerprint density at radius 2 is 0.543 bits per heavy atom. The van der Waals surface area contributed by atoms with E-state index < -0.39 is 7.32 Å². The molecule has 6 aromatic rings. The molecule has 0 heterocycles. The zero-order chi connectivity index (χ0) is 31.7. The number of hydrogen-bond donors (Lipinski definition) is 3. The fraction of sp³-hybridized carbons (Fsp3) is 0. The second-order valence-corrected chi connectivity index (χ2v) is 10.00. The van der Waals surface area contributed by atoms with Crippen LogP contribution in [0.3, 0.4) is 0 Å². The molecular weight excluding hydrogens is 581 g/mol. The third-order valence-corrected chi connectivity index (χ3v) is 6.54. The molecule has 0 saturated carbocycles. The minimum Gasteiger partial charge on any atom is -0.486 e. The summed E-state index contributed by atoms with van der Waals surface area (Å²) in [6, 6.07) is 42.7.